The van der Waals surface area contributed by atoms with Crippen molar-refractivity contribution in [3.63, 3.8) is 0 Å². The Morgan fingerprint density at radius 1 is 1.04 bits per heavy atom. The van der Waals surface area contributed by atoms with Crippen LogP contribution in [0, 0.1) is 5.82 Å². The third-order valence-corrected chi connectivity index (χ3v) is 4.06. The molecule has 1 aromatic heterocycles. The van der Waals surface area contributed by atoms with Crippen molar-refractivity contribution in [2.75, 3.05) is 5.32 Å². The lowest BCUT2D eigenvalue weighted by molar-refractivity contribution is 0.0863. The molecule has 0 unspecified atom stereocenters. The van der Waals surface area contributed by atoms with Crippen molar-refractivity contribution < 1.29 is 14.0 Å². The van der Waals surface area contributed by atoms with Crippen LogP contribution in [-0.2, 0) is 13.0 Å². The number of halogens is 1. The van der Waals surface area contributed by atoms with Crippen LogP contribution in [0.3, 0.4) is 0 Å². The summed E-state index contributed by atoms with van der Waals surface area (Å²) >= 11 is 0. The summed E-state index contributed by atoms with van der Waals surface area (Å²) < 4.78 is 13.9. The third-order valence-electron chi connectivity index (χ3n) is 4.06. The topological polar surface area (TPSA) is 60.3 Å². The number of hydrogen-bond acceptors (Lipinski definition) is 3. The second-order valence-corrected chi connectivity index (χ2v) is 5.96. The normalized spacial score (nSPS) is 10.4. The van der Waals surface area contributed by atoms with Gasteiger partial charge in [0.2, 0.25) is 0 Å². The molecule has 1 N–H and O–H groups in total. The van der Waals surface area contributed by atoms with E-state index in [9.17, 15) is 14.0 Å². The molecule has 1 amide bonds. The van der Waals surface area contributed by atoms with Crippen molar-refractivity contribution in [1.29, 1.82) is 0 Å². The van der Waals surface area contributed by atoms with Crippen LogP contribution in [0.4, 0.5) is 10.1 Å². The number of amides is 1. The highest BCUT2D eigenvalue weighted by atomic mass is 19.1. The fourth-order valence-corrected chi connectivity index (χ4v) is 2.50. The maximum Gasteiger partial charge on any atom is 0.295 e. The molecule has 0 saturated heterocycles. The maximum atomic E-state index is 12.9. The van der Waals surface area contributed by atoms with Gasteiger partial charge in [-0.1, -0.05) is 31.2 Å². The van der Waals surface area contributed by atoms with Gasteiger partial charge in [0, 0.05) is 11.9 Å². The number of carbonyl (C=O) groups excluding carboxylic acids is 1. The van der Waals surface area contributed by atoms with Crippen LogP contribution in [0.5, 0.6) is 0 Å². The van der Waals surface area contributed by atoms with Gasteiger partial charge in [-0.2, -0.15) is 4.73 Å². The average molecular weight is 366 g/mol. The number of carbonyl (C=O) groups is 1. The molecular formula is C21H19FN2O3. The molecular weight excluding hydrogens is 347 g/mol. The molecule has 0 bridgehead atoms. The molecule has 0 spiro atoms. The van der Waals surface area contributed by atoms with E-state index in [1.807, 2.05) is 19.1 Å². The Balaban J connectivity index is 1.72. The predicted octanol–water partition coefficient (Wildman–Crippen LogP) is 3.43. The second-order valence-electron chi connectivity index (χ2n) is 5.96. The smallest absolute Gasteiger partial charge is 0.295 e. The number of nitrogens with one attached hydrogen (secondary N) is 1. The van der Waals surface area contributed by atoms with Crippen molar-refractivity contribution in [1.82, 2.24) is 4.73 Å². The Morgan fingerprint density at radius 2 is 1.70 bits per heavy atom. The Bertz CT molecular complexity index is 980. The van der Waals surface area contributed by atoms with Gasteiger partial charge in [-0.3, -0.25) is 9.59 Å². The summed E-state index contributed by atoms with van der Waals surface area (Å²) in [6.45, 7) is 2.12. The number of hydrogen-bond donors (Lipinski definition) is 1. The average Bonchev–Trinajstić information content (AvgIpc) is 2.69. The lowest BCUT2D eigenvalue weighted by Crippen LogP contribution is -2.32. The van der Waals surface area contributed by atoms with Gasteiger partial charge in [0.1, 0.15) is 18.0 Å². The number of anilines is 1. The van der Waals surface area contributed by atoms with Crippen LogP contribution in [0.25, 0.3) is 0 Å². The van der Waals surface area contributed by atoms with E-state index in [-0.39, 0.29) is 18.0 Å². The van der Waals surface area contributed by atoms with Gasteiger partial charge in [-0.05, 0) is 53.9 Å². The number of aromatic nitrogens is 1. The summed E-state index contributed by atoms with van der Waals surface area (Å²) in [5.74, 6) is -0.856. The van der Waals surface area contributed by atoms with E-state index in [0.29, 0.717) is 11.3 Å². The van der Waals surface area contributed by atoms with Crippen molar-refractivity contribution in [3.8, 4) is 0 Å². The fourth-order valence-electron chi connectivity index (χ4n) is 2.50. The van der Waals surface area contributed by atoms with Crippen molar-refractivity contribution in [2.24, 2.45) is 0 Å². The number of rotatable bonds is 6. The Kier molecular flexibility index (Phi) is 5.66. The Hall–Kier alpha value is -3.41. The summed E-state index contributed by atoms with van der Waals surface area (Å²) in [5.41, 5.74) is 1.87. The molecule has 0 atom stereocenters. The molecule has 0 aliphatic carbocycles. The minimum absolute atomic E-state index is 0.0313. The van der Waals surface area contributed by atoms with Gasteiger partial charge < -0.3 is 10.2 Å². The number of nitrogens with zero attached hydrogens (tertiary/aromatic N) is 1. The molecule has 3 rings (SSSR count). The second kappa shape index (κ2) is 8.31. The van der Waals surface area contributed by atoms with Gasteiger partial charge in [0.05, 0.1) is 0 Å². The predicted molar refractivity (Wildman–Crippen MR) is 101 cm³/mol. The van der Waals surface area contributed by atoms with E-state index >= 15 is 0 Å². The van der Waals surface area contributed by atoms with Crippen molar-refractivity contribution in [3.05, 3.63) is 99.7 Å². The van der Waals surface area contributed by atoms with E-state index in [4.69, 9.17) is 4.84 Å². The zero-order chi connectivity index (χ0) is 19.2. The SMILES string of the molecule is CCc1ccc(NC(=O)c2cccn(OCc3ccc(F)cc3)c2=O)cc1. The van der Waals surface area contributed by atoms with Gasteiger partial charge in [-0.15, -0.1) is 0 Å². The summed E-state index contributed by atoms with van der Waals surface area (Å²) in [6.07, 6.45) is 2.34. The number of benzene rings is 2. The van der Waals surface area contributed by atoms with Crippen LogP contribution in [0.15, 0.2) is 71.7 Å². The molecule has 3 aromatic rings. The monoisotopic (exact) mass is 366 g/mol. The van der Waals surface area contributed by atoms with E-state index in [2.05, 4.69) is 5.32 Å². The molecule has 0 radical (unpaired) electrons. The fraction of sp³-hybridized carbons (Fsp3) is 0.143. The third kappa shape index (κ3) is 4.61. The Morgan fingerprint density at radius 3 is 2.37 bits per heavy atom. The molecule has 27 heavy (non-hydrogen) atoms. The van der Waals surface area contributed by atoms with Crippen LogP contribution >= 0.6 is 0 Å². The number of pyridine rings is 1. The first-order valence-electron chi connectivity index (χ1n) is 8.56. The van der Waals surface area contributed by atoms with E-state index in [1.165, 1.54) is 24.4 Å². The minimum Gasteiger partial charge on any atom is -0.406 e. The zero-order valence-corrected chi connectivity index (χ0v) is 14.8. The largest absolute Gasteiger partial charge is 0.406 e. The molecule has 0 aliphatic rings. The minimum atomic E-state index is -0.567. The molecule has 0 saturated carbocycles. The first kappa shape index (κ1) is 18.4. The maximum absolute atomic E-state index is 12.9. The van der Waals surface area contributed by atoms with Gasteiger partial charge in [-0.25, -0.2) is 4.39 Å². The summed E-state index contributed by atoms with van der Waals surface area (Å²) in [5, 5.41) is 2.71. The molecule has 0 aliphatic heterocycles. The van der Waals surface area contributed by atoms with Crippen molar-refractivity contribution >= 4 is 11.6 Å². The van der Waals surface area contributed by atoms with Crippen LogP contribution in [0.1, 0.15) is 28.4 Å². The van der Waals surface area contributed by atoms with Gasteiger partial charge >= 0.3 is 0 Å². The van der Waals surface area contributed by atoms with E-state index < -0.39 is 11.5 Å². The molecule has 0 fully saturated rings. The van der Waals surface area contributed by atoms with Gasteiger partial charge in [0.15, 0.2) is 0 Å². The van der Waals surface area contributed by atoms with Crippen LogP contribution in [-0.4, -0.2) is 10.6 Å². The highest BCUT2D eigenvalue weighted by molar-refractivity contribution is 6.03. The highest BCUT2D eigenvalue weighted by Crippen LogP contribution is 2.11. The summed E-state index contributed by atoms with van der Waals surface area (Å²) in [7, 11) is 0. The standard InChI is InChI=1S/C21H19FN2O3/c1-2-15-7-11-18(12-8-15)23-20(25)19-4-3-13-24(21(19)26)27-14-16-5-9-17(22)10-6-16/h3-13H,2,14H2,1H3,(H,23,25). The zero-order valence-electron chi connectivity index (χ0n) is 14.8. The lowest BCUT2D eigenvalue weighted by atomic mass is 10.1. The first-order valence-corrected chi connectivity index (χ1v) is 8.56. The molecule has 1 heterocycles. The van der Waals surface area contributed by atoms with E-state index in [1.54, 1.807) is 30.3 Å². The van der Waals surface area contributed by atoms with Crippen LogP contribution in [0.2, 0.25) is 0 Å². The lowest BCUT2D eigenvalue weighted by Gasteiger charge is -2.10. The Labute approximate surface area is 156 Å². The summed E-state index contributed by atoms with van der Waals surface area (Å²) in [6, 6.07) is 16.2. The highest BCUT2D eigenvalue weighted by Gasteiger charge is 2.13. The van der Waals surface area contributed by atoms with Gasteiger partial charge in [0.25, 0.3) is 11.5 Å². The quantitative estimate of drug-likeness (QED) is 0.727. The van der Waals surface area contributed by atoms with E-state index in [0.717, 1.165) is 16.7 Å². The molecule has 138 valence electrons. The molecule has 6 heteroatoms. The summed E-state index contributed by atoms with van der Waals surface area (Å²) in [4.78, 5) is 30.4. The number of aryl methyl sites for hydroxylation is 1. The molecule has 5 nitrogen and oxygen atoms in total. The van der Waals surface area contributed by atoms with Crippen molar-refractivity contribution in [2.45, 2.75) is 20.0 Å². The molecule has 2 aromatic carbocycles. The van der Waals surface area contributed by atoms with Crippen LogP contribution < -0.4 is 15.7 Å². The first-order chi connectivity index (χ1) is 13.1.